The predicted molar refractivity (Wildman–Crippen MR) is 349 cm³/mol. The van der Waals surface area contributed by atoms with Crippen molar-refractivity contribution in [1.29, 1.82) is 0 Å². The molecule has 1 aliphatic heterocycles. The lowest BCUT2D eigenvalue weighted by atomic mass is 9.68. The van der Waals surface area contributed by atoms with E-state index in [1.807, 2.05) is 45.9 Å². The van der Waals surface area contributed by atoms with Crippen molar-refractivity contribution >= 4 is 29.8 Å². The number of hydrogen-bond donors (Lipinski definition) is 0. The summed E-state index contributed by atoms with van der Waals surface area (Å²) in [4.78, 5) is 67.7. The van der Waals surface area contributed by atoms with Gasteiger partial charge in [0.2, 0.25) is 0 Å². The fourth-order valence-corrected chi connectivity index (χ4v) is 13.1. The molecular weight excluding hydrogens is 1080 g/mol. The Hall–Kier alpha value is -4.67. The van der Waals surface area contributed by atoms with Crippen LogP contribution < -0.4 is 14.2 Å². The molecule has 1 aliphatic carbocycles. The maximum absolute atomic E-state index is 14.4. The van der Waals surface area contributed by atoms with Crippen LogP contribution >= 0.6 is 0 Å². The molecule has 86 heavy (non-hydrogen) atoms. The van der Waals surface area contributed by atoms with Gasteiger partial charge in [0.25, 0.3) is 0 Å². The first-order valence-corrected chi connectivity index (χ1v) is 34.8. The van der Waals surface area contributed by atoms with Gasteiger partial charge in [0, 0.05) is 54.1 Å². The highest BCUT2D eigenvalue weighted by Crippen LogP contribution is 2.54. The second-order valence-electron chi connectivity index (χ2n) is 27.3. The van der Waals surface area contributed by atoms with E-state index in [4.69, 9.17) is 28.4 Å². The lowest BCUT2D eigenvalue weighted by Crippen LogP contribution is -2.45. The molecule has 1 unspecified atom stereocenters. The van der Waals surface area contributed by atoms with Gasteiger partial charge in [-0.3, -0.25) is 24.0 Å². The van der Waals surface area contributed by atoms with E-state index in [1.165, 1.54) is 121 Å². The molecule has 0 spiro atoms. The number of esters is 5. The quantitative estimate of drug-likeness (QED) is 0.0206. The van der Waals surface area contributed by atoms with Crippen LogP contribution in [0.2, 0.25) is 0 Å². The van der Waals surface area contributed by atoms with Crippen LogP contribution in [0, 0.1) is 25.7 Å². The van der Waals surface area contributed by atoms with Crippen molar-refractivity contribution in [3.05, 3.63) is 63.7 Å². The van der Waals surface area contributed by atoms with E-state index in [1.54, 1.807) is 6.92 Å². The molecule has 0 bridgehead atoms. The number of carbonyl (C=O) groups is 5. The highest BCUT2D eigenvalue weighted by atomic mass is 16.6. The topological polar surface area (TPSA) is 141 Å². The number of allylic oxidation sites excluding steroid dienone is 2. The zero-order chi connectivity index (χ0) is 62.7. The van der Waals surface area contributed by atoms with Gasteiger partial charge in [-0.25, -0.2) is 0 Å². The maximum Gasteiger partial charge on any atom is 0.312 e. The number of aryl methyl sites for hydroxylation is 3. The third kappa shape index (κ3) is 28.2. The first kappa shape index (κ1) is 73.8. The van der Waals surface area contributed by atoms with Crippen molar-refractivity contribution in [3.8, 4) is 17.2 Å². The Balaban J connectivity index is 1.33. The number of ether oxygens (including phenoxy) is 6. The molecule has 0 amide bonds. The van der Waals surface area contributed by atoms with E-state index >= 15 is 0 Å². The van der Waals surface area contributed by atoms with Gasteiger partial charge in [0.05, 0.1) is 6.42 Å². The van der Waals surface area contributed by atoms with E-state index in [0.29, 0.717) is 11.5 Å². The summed E-state index contributed by atoms with van der Waals surface area (Å²) in [5, 5.41) is 0. The molecule has 0 radical (unpaired) electrons. The molecule has 0 saturated heterocycles. The first-order chi connectivity index (χ1) is 41.3. The number of hydrogen-bond acceptors (Lipinski definition) is 11. The summed E-state index contributed by atoms with van der Waals surface area (Å²) >= 11 is 0. The van der Waals surface area contributed by atoms with Crippen LogP contribution in [0.4, 0.5) is 0 Å². The molecule has 0 fully saturated rings. The summed E-state index contributed by atoms with van der Waals surface area (Å²) in [5.41, 5.74) is 4.64. The molecule has 2 aliphatic rings. The molecule has 3 atom stereocenters. The zero-order valence-electron chi connectivity index (χ0n) is 56.3. The van der Waals surface area contributed by atoms with Crippen molar-refractivity contribution in [2.45, 2.75) is 337 Å². The molecule has 0 saturated carbocycles. The Kier molecular flexibility index (Phi) is 35.0. The first-order valence-electron chi connectivity index (χ1n) is 34.8. The lowest BCUT2D eigenvalue weighted by Gasteiger charge is -2.46. The summed E-state index contributed by atoms with van der Waals surface area (Å²) in [6.45, 7) is 22.4. The van der Waals surface area contributed by atoms with Crippen molar-refractivity contribution < 1.29 is 52.4 Å². The molecule has 2 aromatic carbocycles. The number of rotatable bonds is 46. The average Bonchev–Trinajstić information content (AvgIpc) is 0.845. The van der Waals surface area contributed by atoms with Gasteiger partial charge < -0.3 is 28.4 Å². The van der Waals surface area contributed by atoms with Gasteiger partial charge >= 0.3 is 29.8 Å². The molecule has 4 rings (SSSR count). The van der Waals surface area contributed by atoms with E-state index in [9.17, 15) is 24.0 Å². The summed E-state index contributed by atoms with van der Waals surface area (Å²) in [6.07, 6.45) is 39.1. The summed E-state index contributed by atoms with van der Waals surface area (Å²) in [7, 11) is 0. The molecule has 2 aromatic rings. The van der Waals surface area contributed by atoms with Crippen LogP contribution in [0.25, 0.3) is 0 Å². The van der Waals surface area contributed by atoms with Crippen LogP contribution in [0.15, 0.2) is 35.9 Å². The molecule has 11 heteroatoms. The van der Waals surface area contributed by atoms with E-state index in [-0.39, 0.29) is 74.7 Å². The van der Waals surface area contributed by atoms with Crippen LogP contribution in [-0.2, 0) is 50.0 Å². The lowest BCUT2D eigenvalue weighted by molar-refractivity contribution is -0.167. The summed E-state index contributed by atoms with van der Waals surface area (Å²) in [5.74, 6) is -0.764. The molecule has 11 nitrogen and oxygen atoms in total. The highest BCUT2D eigenvalue weighted by molar-refractivity contribution is 5.78. The van der Waals surface area contributed by atoms with Crippen LogP contribution in [0.3, 0.4) is 0 Å². The number of unbranched alkanes of at least 4 members (excludes halogenated alkanes) is 26. The zero-order valence-corrected chi connectivity index (χ0v) is 56.3. The van der Waals surface area contributed by atoms with Crippen molar-refractivity contribution in [1.82, 2.24) is 0 Å². The molecule has 486 valence electrons. The second-order valence-corrected chi connectivity index (χ2v) is 27.3. The van der Waals surface area contributed by atoms with E-state index < -0.39 is 35.3 Å². The fraction of sp³-hybridized carbons (Fsp3) is 0.747. The van der Waals surface area contributed by atoms with Gasteiger partial charge in [-0.15, -0.1) is 0 Å². The SMILES string of the molecule is CCCCCCCCCCCCCCCC(=O)OCC(COC(=O)CCCCCCCCCCCCCCC)OC(=O)CC(C)CC(=O)Oc1cc(C)cc(C)c1C(C)(C)CC(=O)Oc1cc(CCCCC)cc2c1[C@@H]1C=C(C)CC[C@H]1C(C)(C)O2. The molecule has 0 N–H and O–H groups in total. The van der Waals surface area contributed by atoms with Gasteiger partial charge in [-0.1, -0.05) is 226 Å². The van der Waals surface area contributed by atoms with Gasteiger partial charge in [-0.2, -0.15) is 0 Å². The largest absolute Gasteiger partial charge is 0.487 e. The van der Waals surface area contributed by atoms with E-state index in [0.717, 1.165) is 123 Å². The standard InChI is InChI=1S/C75H120O11/c1-12-15-18-20-22-24-26-28-30-32-34-36-39-42-67(76)81-54-61(55-82-68(77)43-40-37-35-33-31-29-27-25-23-21-19-16-13-2)83-69(78)49-58(6)50-70(79)85-66-48-57(5)46-59(7)73(66)74(8,9)53-71(80)84-64-51-60(41-38-17-14-3)52-65-72(64)62-47-56(4)44-45-63(62)75(10,11)86-65/h46-48,51-52,58,61-63H,12-45,49-50,53-55H2,1-11H3/t58?,62-,63-/m1/s1. The number of carbonyl (C=O) groups excluding carboxylic acids is 5. The van der Waals surface area contributed by atoms with Gasteiger partial charge in [0.15, 0.2) is 6.10 Å². The smallest absolute Gasteiger partial charge is 0.312 e. The average molecular weight is 1200 g/mol. The maximum atomic E-state index is 14.4. The Morgan fingerprint density at radius 3 is 1.55 bits per heavy atom. The third-order valence-electron chi connectivity index (χ3n) is 17.9. The van der Waals surface area contributed by atoms with Crippen molar-refractivity contribution in [2.75, 3.05) is 13.2 Å². The monoisotopic (exact) mass is 1200 g/mol. The Bertz CT molecular complexity index is 2320. The van der Waals surface area contributed by atoms with Gasteiger partial charge in [-0.05, 0) is 114 Å². The minimum atomic E-state index is -0.995. The highest BCUT2D eigenvalue weighted by Gasteiger charge is 2.46. The van der Waals surface area contributed by atoms with E-state index in [2.05, 4.69) is 53.7 Å². The van der Waals surface area contributed by atoms with Crippen LogP contribution in [0.5, 0.6) is 17.2 Å². The molecule has 1 heterocycles. The normalized spacial score (nSPS) is 15.7. The Morgan fingerprint density at radius 1 is 0.570 bits per heavy atom. The fourth-order valence-electron chi connectivity index (χ4n) is 13.1. The minimum Gasteiger partial charge on any atom is -0.487 e. The molecule has 0 aromatic heterocycles. The van der Waals surface area contributed by atoms with Crippen LogP contribution in [-0.4, -0.2) is 54.8 Å². The van der Waals surface area contributed by atoms with Gasteiger partial charge in [0.1, 0.15) is 36.1 Å². The van der Waals surface area contributed by atoms with Crippen molar-refractivity contribution in [2.24, 2.45) is 11.8 Å². The second kappa shape index (κ2) is 40.8. The molecular formula is C75H120O11. The number of benzene rings is 2. The Labute approximate surface area is 522 Å². The third-order valence-corrected chi connectivity index (χ3v) is 17.9. The Morgan fingerprint density at radius 2 is 1.03 bits per heavy atom. The predicted octanol–water partition coefficient (Wildman–Crippen LogP) is 20.2. The number of fused-ring (bicyclic) bond motifs is 3. The summed E-state index contributed by atoms with van der Waals surface area (Å²) in [6, 6.07) is 8.05. The minimum absolute atomic E-state index is 0.0124. The summed E-state index contributed by atoms with van der Waals surface area (Å²) < 4.78 is 36.5. The van der Waals surface area contributed by atoms with Crippen LogP contribution in [0.1, 0.15) is 327 Å². The van der Waals surface area contributed by atoms with Crippen molar-refractivity contribution in [3.63, 3.8) is 0 Å².